The molecule has 0 spiro atoms. The Labute approximate surface area is 134 Å². The Morgan fingerprint density at radius 1 is 1.05 bits per heavy atom. The number of amides is 1. The van der Waals surface area contributed by atoms with Crippen LogP contribution >= 0.6 is 12.2 Å². The fourth-order valence-corrected chi connectivity index (χ4v) is 3.47. The molecule has 114 valence electrons. The number of fused-ring (bicyclic) bond motifs is 1. The summed E-state index contributed by atoms with van der Waals surface area (Å²) in [6.07, 6.45) is 4.89. The van der Waals surface area contributed by atoms with Crippen LogP contribution < -0.4 is 5.32 Å². The number of carbonyl (C=O) groups excluding carboxylic acids is 3. The first-order valence-electron chi connectivity index (χ1n) is 7.62. The van der Waals surface area contributed by atoms with Gasteiger partial charge in [-0.25, -0.2) is 0 Å². The largest absolute Gasteiger partial charge is 0.341 e. The van der Waals surface area contributed by atoms with Crippen LogP contribution in [0.3, 0.4) is 0 Å². The van der Waals surface area contributed by atoms with Gasteiger partial charge in [-0.2, -0.15) is 0 Å². The molecule has 0 aromatic heterocycles. The zero-order valence-electron chi connectivity index (χ0n) is 12.1. The van der Waals surface area contributed by atoms with E-state index in [1.54, 1.807) is 24.3 Å². The van der Waals surface area contributed by atoms with Gasteiger partial charge in [0.05, 0.1) is 4.86 Å². The van der Waals surface area contributed by atoms with E-state index in [9.17, 15) is 14.4 Å². The highest BCUT2D eigenvalue weighted by molar-refractivity contribution is 7.82. The monoisotopic (exact) mass is 315 g/mol. The van der Waals surface area contributed by atoms with Crippen LogP contribution in [0.25, 0.3) is 0 Å². The second kappa shape index (κ2) is 6.08. The van der Waals surface area contributed by atoms with Gasteiger partial charge >= 0.3 is 0 Å². The lowest BCUT2D eigenvalue weighted by atomic mass is 9.84. The molecule has 2 aliphatic rings. The number of carbonyl (C=O) groups is 3. The van der Waals surface area contributed by atoms with Crippen molar-refractivity contribution in [1.29, 1.82) is 0 Å². The fourth-order valence-electron chi connectivity index (χ4n) is 3.19. The third-order valence-corrected chi connectivity index (χ3v) is 4.87. The van der Waals surface area contributed by atoms with Gasteiger partial charge in [0.25, 0.3) is 0 Å². The summed E-state index contributed by atoms with van der Waals surface area (Å²) in [6, 6.07) is 5.62. The molecule has 0 unspecified atom stereocenters. The van der Waals surface area contributed by atoms with Crippen LogP contribution in [0.5, 0.6) is 0 Å². The Balaban J connectivity index is 1.82. The maximum Gasteiger partial charge on any atom is 0.223 e. The molecule has 1 fully saturated rings. The topological polar surface area (TPSA) is 63.2 Å². The van der Waals surface area contributed by atoms with Crippen molar-refractivity contribution in [2.45, 2.75) is 38.1 Å². The minimum absolute atomic E-state index is 0.00661. The number of Topliss-reactive ketones (excluding diaryl/α,β-unsaturated/α-hetero) is 2. The molecule has 1 saturated carbocycles. The highest BCUT2D eigenvalue weighted by Gasteiger charge is 2.38. The minimum atomic E-state index is -0.994. The summed E-state index contributed by atoms with van der Waals surface area (Å²) in [6.45, 7) is 0. The number of rotatable bonds is 2. The van der Waals surface area contributed by atoms with Gasteiger partial charge in [-0.1, -0.05) is 55.7 Å². The van der Waals surface area contributed by atoms with Gasteiger partial charge in [-0.15, -0.1) is 0 Å². The van der Waals surface area contributed by atoms with E-state index in [4.69, 9.17) is 12.2 Å². The van der Waals surface area contributed by atoms with E-state index in [0.29, 0.717) is 11.1 Å². The lowest BCUT2D eigenvalue weighted by Gasteiger charge is -2.27. The number of nitrogens with one attached hydrogen (secondary N) is 1. The summed E-state index contributed by atoms with van der Waals surface area (Å²) in [5, 5.41) is 2.71. The van der Waals surface area contributed by atoms with Gasteiger partial charge in [-0.3, -0.25) is 14.4 Å². The second-order valence-electron chi connectivity index (χ2n) is 5.88. The lowest BCUT2D eigenvalue weighted by molar-refractivity contribution is -0.126. The standard InChI is InChI=1S/C17H17NO3S/c19-14-11-8-4-5-9-12(11)15(20)16(22)13(14)18-17(21)10-6-2-1-3-7-10/h4-5,8-10,13H,1-3,6-7H2,(H,18,21)/t13-/m1/s1. The fraction of sp³-hybridized carbons (Fsp3) is 0.412. The van der Waals surface area contributed by atoms with Gasteiger partial charge in [0.1, 0.15) is 6.04 Å². The van der Waals surface area contributed by atoms with Crippen molar-refractivity contribution >= 4 is 34.6 Å². The van der Waals surface area contributed by atoms with Gasteiger partial charge in [-0.05, 0) is 12.8 Å². The summed E-state index contributed by atoms with van der Waals surface area (Å²) in [4.78, 5) is 37.2. The Morgan fingerprint density at radius 3 is 2.36 bits per heavy atom. The first kappa shape index (κ1) is 15.0. The molecule has 0 heterocycles. The Bertz CT molecular complexity index is 662. The molecular weight excluding hydrogens is 298 g/mol. The van der Waals surface area contributed by atoms with Gasteiger partial charge < -0.3 is 5.32 Å². The summed E-state index contributed by atoms with van der Waals surface area (Å²) >= 11 is 5.14. The normalized spacial score (nSPS) is 22.4. The highest BCUT2D eigenvalue weighted by Crippen LogP contribution is 2.25. The van der Waals surface area contributed by atoms with E-state index in [-0.39, 0.29) is 28.3 Å². The van der Waals surface area contributed by atoms with Crippen molar-refractivity contribution in [3.8, 4) is 0 Å². The molecule has 22 heavy (non-hydrogen) atoms. The number of hydrogen-bond donors (Lipinski definition) is 1. The van der Waals surface area contributed by atoms with Crippen LogP contribution in [0.2, 0.25) is 0 Å². The smallest absolute Gasteiger partial charge is 0.223 e. The summed E-state index contributed by atoms with van der Waals surface area (Å²) in [7, 11) is 0. The van der Waals surface area contributed by atoms with E-state index in [1.165, 1.54) is 0 Å². The van der Waals surface area contributed by atoms with Crippen LogP contribution in [0.15, 0.2) is 24.3 Å². The minimum Gasteiger partial charge on any atom is -0.341 e. The van der Waals surface area contributed by atoms with Crippen molar-refractivity contribution in [2.75, 3.05) is 0 Å². The number of benzene rings is 1. The van der Waals surface area contributed by atoms with Crippen LogP contribution in [-0.4, -0.2) is 28.4 Å². The van der Waals surface area contributed by atoms with Crippen molar-refractivity contribution in [3.05, 3.63) is 35.4 Å². The van der Waals surface area contributed by atoms with Gasteiger partial charge in [0.15, 0.2) is 5.78 Å². The van der Waals surface area contributed by atoms with Crippen molar-refractivity contribution < 1.29 is 14.4 Å². The Kier molecular flexibility index (Phi) is 4.16. The molecule has 4 nitrogen and oxygen atoms in total. The Hall–Kier alpha value is -1.88. The highest BCUT2D eigenvalue weighted by atomic mass is 32.1. The molecule has 1 atom stereocenters. The summed E-state index contributed by atoms with van der Waals surface area (Å²) in [5.41, 5.74) is 0.677. The average Bonchev–Trinajstić information content (AvgIpc) is 2.57. The van der Waals surface area contributed by atoms with Gasteiger partial charge in [0, 0.05) is 17.0 Å². The van der Waals surface area contributed by atoms with E-state index < -0.39 is 6.04 Å². The molecular formula is C17H17NO3S. The molecule has 1 amide bonds. The molecule has 2 aliphatic carbocycles. The third-order valence-electron chi connectivity index (χ3n) is 4.45. The summed E-state index contributed by atoms with van der Waals surface area (Å²) < 4.78 is 0. The molecule has 3 rings (SSSR count). The van der Waals surface area contributed by atoms with E-state index >= 15 is 0 Å². The van der Waals surface area contributed by atoms with Crippen LogP contribution in [0.4, 0.5) is 0 Å². The van der Waals surface area contributed by atoms with Crippen molar-refractivity contribution in [2.24, 2.45) is 5.92 Å². The maximum atomic E-state index is 12.5. The molecule has 5 heteroatoms. The molecule has 0 radical (unpaired) electrons. The predicted octanol–water partition coefficient (Wildman–Crippen LogP) is 2.50. The quantitative estimate of drug-likeness (QED) is 0.852. The number of hydrogen-bond acceptors (Lipinski definition) is 4. The van der Waals surface area contributed by atoms with Crippen LogP contribution in [0, 0.1) is 5.92 Å². The van der Waals surface area contributed by atoms with Crippen molar-refractivity contribution in [3.63, 3.8) is 0 Å². The van der Waals surface area contributed by atoms with Crippen LogP contribution in [0.1, 0.15) is 52.8 Å². The molecule has 1 aromatic rings. The first-order valence-corrected chi connectivity index (χ1v) is 8.02. The zero-order valence-corrected chi connectivity index (χ0v) is 12.9. The molecule has 1 N–H and O–H groups in total. The van der Waals surface area contributed by atoms with E-state index in [2.05, 4.69) is 5.32 Å². The van der Waals surface area contributed by atoms with Crippen molar-refractivity contribution in [1.82, 2.24) is 5.32 Å². The number of thiocarbonyl (C=S) groups is 1. The summed E-state index contributed by atoms with van der Waals surface area (Å²) in [5.74, 6) is -0.854. The molecule has 0 aliphatic heterocycles. The molecule has 0 saturated heterocycles. The SMILES string of the molecule is O=C1C(=S)[C@H](NC(=O)C2CCCCC2)C(=O)c2ccccc21. The average molecular weight is 315 g/mol. The second-order valence-corrected chi connectivity index (χ2v) is 6.32. The van der Waals surface area contributed by atoms with Crippen LogP contribution in [-0.2, 0) is 4.79 Å². The van der Waals surface area contributed by atoms with E-state index in [0.717, 1.165) is 32.1 Å². The molecule has 0 bridgehead atoms. The predicted molar refractivity (Wildman–Crippen MR) is 86.2 cm³/mol. The zero-order chi connectivity index (χ0) is 15.7. The van der Waals surface area contributed by atoms with E-state index in [1.807, 2.05) is 0 Å². The maximum absolute atomic E-state index is 12.5. The molecule has 1 aromatic carbocycles. The van der Waals surface area contributed by atoms with Gasteiger partial charge in [0.2, 0.25) is 11.7 Å². The third kappa shape index (κ3) is 2.61. The number of ketones is 2. The lowest BCUT2D eigenvalue weighted by Crippen LogP contribution is -2.53. The first-order chi connectivity index (χ1) is 10.6. The Morgan fingerprint density at radius 2 is 1.68 bits per heavy atom.